The van der Waals surface area contributed by atoms with Gasteiger partial charge < -0.3 is 20.3 Å². The summed E-state index contributed by atoms with van der Waals surface area (Å²) in [6.45, 7) is 3.48. The van der Waals surface area contributed by atoms with Crippen molar-refractivity contribution in [3.05, 3.63) is 58.7 Å². The van der Waals surface area contributed by atoms with Crippen LogP contribution in [0.3, 0.4) is 0 Å². The fourth-order valence-electron chi connectivity index (χ4n) is 8.05. The highest BCUT2D eigenvalue weighted by atomic mass is 19.4. The molecule has 2 bridgehead atoms. The first-order chi connectivity index (χ1) is 18.5. The fraction of sp³-hybridized carbons (Fsp3) is 0.567. The molecule has 7 rings (SSSR count). The van der Waals surface area contributed by atoms with E-state index in [9.17, 15) is 28.2 Å². The zero-order valence-corrected chi connectivity index (χ0v) is 21.8. The Balaban J connectivity index is 1.19. The van der Waals surface area contributed by atoms with Gasteiger partial charge in [0.05, 0.1) is 28.5 Å². The average molecular weight is 543 g/mol. The number of halogens is 3. The SMILES string of the molecule is CC(C(=O)NC1CC[C@@]2(O)[C@H]3Cc4ccc(O)c5c4[C@@]2(CCN3CC2CC2)C1O5)c1ccc(C(F)(F)F)cc1. The third kappa shape index (κ3) is 3.58. The summed E-state index contributed by atoms with van der Waals surface area (Å²) < 4.78 is 45.5. The van der Waals surface area contributed by atoms with Crippen LogP contribution in [0.1, 0.15) is 67.2 Å². The highest BCUT2D eigenvalue weighted by Crippen LogP contribution is 2.65. The summed E-state index contributed by atoms with van der Waals surface area (Å²) in [5.74, 6) is 0.184. The van der Waals surface area contributed by atoms with Crippen LogP contribution in [0.15, 0.2) is 36.4 Å². The van der Waals surface area contributed by atoms with Crippen molar-refractivity contribution in [2.75, 3.05) is 13.1 Å². The number of piperidine rings is 1. The number of nitrogens with zero attached hydrogens (tertiary/aromatic N) is 1. The molecule has 2 aromatic carbocycles. The number of rotatable bonds is 5. The molecular formula is C30H33F3N2O4. The topological polar surface area (TPSA) is 82.0 Å². The van der Waals surface area contributed by atoms with Crippen molar-refractivity contribution < 1.29 is 32.9 Å². The summed E-state index contributed by atoms with van der Waals surface area (Å²) in [5, 5.41) is 26.4. The number of carbonyl (C=O) groups excluding carboxylic acids is 1. The minimum atomic E-state index is -4.44. The molecule has 0 radical (unpaired) electrons. The third-order valence-electron chi connectivity index (χ3n) is 10.2. The number of phenolic OH excluding ortho intramolecular Hbond substituents is 1. The molecule has 2 saturated carbocycles. The van der Waals surface area contributed by atoms with E-state index in [0.717, 1.165) is 36.3 Å². The lowest BCUT2D eigenvalue weighted by Crippen LogP contribution is -2.78. The summed E-state index contributed by atoms with van der Waals surface area (Å²) in [5.41, 5.74) is -0.0630. The van der Waals surface area contributed by atoms with Gasteiger partial charge >= 0.3 is 6.18 Å². The number of likely N-dealkylation sites (tertiary alicyclic amines) is 1. The van der Waals surface area contributed by atoms with Crippen molar-refractivity contribution in [1.82, 2.24) is 10.2 Å². The molecule has 39 heavy (non-hydrogen) atoms. The highest BCUT2D eigenvalue weighted by molar-refractivity contribution is 5.83. The number of ether oxygens (including phenoxy) is 1. The second-order valence-corrected chi connectivity index (χ2v) is 12.3. The molecule has 2 aliphatic heterocycles. The average Bonchev–Trinajstić information content (AvgIpc) is 3.64. The molecule has 1 spiro atoms. The van der Waals surface area contributed by atoms with Crippen LogP contribution in [0.5, 0.6) is 11.5 Å². The summed E-state index contributed by atoms with van der Waals surface area (Å²) in [7, 11) is 0. The van der Waals surface area contributed by atoms with E-state index in [1.54, 1.807) is 13.0 Å². The van der Waals surface area contributed by atoms with Crippen molar-refractivity contribution in [2.24, 2.45) is 5.92 Å². The number of carbonyl (C=O) groups is 1. The molecule has 9 heteroatoms. The molecule has 3 aliphatic carbocycles. The van der Waals surface area contributed by atoms with E-state index in [1.165, 1.54) is 25.0 Å². The van der Waals surface area contributed by atoms with Gasteiger partial charge in [0.25, 0.3) is 0 Å². The minimum absolute atomic E-state index is 0.0435. The van der Waals surface area contributed by atoms with Gasteiger partial charge in [-0.1, -0.05) is 18.2 Å². The molecule has 3 fully saturated rings. The highest BCUT2D eigenvalue weighted by Gasteiger charge is 2.73. The number of amides is 1. The summed E-state index contributed by atoms with van der Waals surface area (Å²) in [6.07, 6.45) is -0.149. The van der Waals surface area contributed by atoms with Crippen LogP contribution in [-0.2, 0) is 22.8 Å². The second kappa shape index (κ2) is 8.36. The number of alkyl halides is 3. The lowest BCUT2D eigenvalue weighted by atomic mass is 9.48. The van der Waals surface area contributed by atoms with E-state index < -0.39 is 40.8 Å². The molecule has 6 nitrogen and oxygen atoms in total. The number of hydrogen-bond donors (Lipinski definition) is 3. The van der Waals surface area contributed by atoms with Crippen LogP contribution >= 0.6 is 0 Å². The van der Waals surface area contributed by atoms with E-state index in [-0.39, 0.29) is 17.7 Å². The maximum absolute atomic E-state index is 13.4. The van der Waals surface area contributed by atoms with Crippen molar-refractivity contribution in [2.45, 2.75) is 86.7 Å². The van der Waals surface area contributed by atoms with Gasteiger partial charge in [-0.15, -0.1) is 0 Å². The molecule has 3 N–H and O–H groups in total. The maximum atomic E-state index is 13.4. The van der Waals surface area contributed by atoms with Crippen LogP contribution in [0.25, 0.3) is 0 Å². The Morgan fingerprint density at radius 2 is 1.90 bits per heavy atom. The van der Waals surface area contributed by atoms with Crippen molar-refractivity contribution >= 4 is 5.91 Å². The molecule has 208 valence electrons. The zero-order valence-electron chi connectivity index (χ0n) is 21.8. The maximum Gasteiger partial charge on any atom is 0.416 e. The van der Waals surface area contributed by atoms with Crippen molar-refractivity contribution in [3.63, 3.8) is 0 Å². The minimum Gasteiger partial charge on any atom is -0.504 e. The number of aliphatic hydroxyl groups is 1. The molecular weight excluding hydrogens is 509 g/mol. The first kappa shape index (κ1) is 25.2. The normalized spacial score (nSPS) is 33.7. The fourth-order valence-corrected chi connectivity index (χ4v) is 8.05. The van der Waals surface area contributed by atoms with E-state index in [1.807, 2.05) is 6.07 Å². The van der Waals surface area contributed by atoms with E-state index in [2.05, 4.69) is 10.2 Å². The van der Waals surface area contributed by atoms with Crippen LogP contribution in [0, 0.1) is 5.92 Å². The van der Waals surface area contributed by atoms with Gasteiger partial charge in [-0.3, -0.25) is 9.69 Å². The van der Waals surface area contributed by atoms with E-state index in [4.69, 9.17) is 4.74 Å². The summed E-state index contributed by atoms with van der Waals surface area (Å²) in [6, 6.07) is 7.83. The largest absolute Gasteiger partial charge is 0.504 e. The number of phenols is 1. The van der Waals surface area contributed by atoms with Crippen LogP contribution < -0.4 is 10.1 Å². The lowest BCUT2D eigenvalue weighted by Gasteiger charge is -2.64. The number of aromatic hydroxyl groups is 1. The Bertz CT molecular complexity index is 1330. The van der Waals surface area contributed by atoms with Gasteiger partial charge in [0.15, 0.2) is 11.5 Å². The number of nitrogens with one attached hydrogen (secondary N) is 1. The third-order valence-corrected chi connectivity index (χ3v) is 10.2. The smallest absolute Gasteiger partial charge is 0.416 e. The van der Waals surface area contributed by atoms with E-state index in [0.29, 0.717) is 42.9 Å². The molecule has 1 saturated heterocycles. The van der Waals surface area contributed by atoms with Crippen LogP contribution in [0.4, 0.5) is 13.2 Å². The predicted octanol–water partition coefficient (Wildman–Crippen LogP) is 4.26. The molecule has 6 atom stereocenters. The Morgan fingerprint density at radius 1 is 1.15 bits per heavy atom. The standard InChI is InChI=1S/C30H33F3N2O4/c1-16(18-4-7-20(8-5-18)30(31,32)33)27(37)34-21-10-11-29(38)23-14-19-6-9-22(36)25-24(19)28(29,26(21)39-25)12-13-35(23)15-17-2-3-17/h4-9,16-17,21,23,26,36,38H,2-3,10-15H2,1H3,(H,34,37)/t16?,21?,23-,26?,28+,29-/m1/s1. The summed E-state index contributed by atoms with van der Waals surface area (Å²) in [4.78, 5) is 15.9. The molecule has 3 unspecified atom stereocenters. The van der Waals surface area contributed by atoms with E-state index >= 15 is 0 Å². The quantitative estimate of drug-likeness (QED) is 0.526. The molecule has 5 aliphatic rings. The first-order valence-corrected chi connectivity index (χ1v) is 14.0. The van der Waals surface area contributed by atoms with Crippen LogP contribution in [0.2, 0.25) is 0 Å². The predicted molar refractivity (Wildman–Crippen MR) is 137 cm³/mol. The van der Waals surface area contributed by atoms with Gasteiger partial charge in [-0.2, -0.15) is 13.2 Å². The Hall–Kier alpha value is -2.78. The van der Waals surface area contributed by atoms with Crippen molar-refractivity contribution in [3.8, 4) is 11.5 Å². The van der Waals surface area contributed by atoms with Gasteiger partial charge in [0.1, 0.15) is 6.10 Å². The molecule has 2 aromatic rings. The summed E-state index contributed by atoms with van der Waals surface area (Å²) >= 11 is 0. The second-order valence-electron chi connectivity index (χ2n) is 12.3. The van der Waals surface area contributed by atoms with Gasteiger partial charge in [-0.25, -0.2) is 0 Å². The number of benzene rings is 2. The van der Waals surface area contributed by atoms with Gasteiger partial charge in [-0.05, 0) is 87.2 Å². The Labute approximate surface area is 225 Å². The Morgan fingerprint density at radius 3 is 2.59 bits per heavy atom. The monoisotopic (exact) mass is 542 g/mol. The van der Waals surface area contributed by atoms with Gasteiger partial charge in [0, 0.05) is 18.2 Å². The zero-order chi connectivity index (χ0) is 27.3. The number of hydrogen-bond acceptors (Lipinski definition) is 5. The molecule has 2 heterocycles. The molecule has 0 aromatic heterocycles. The lowest BCUT2D eigenvalue weighted by molar-refractivity contribution is -0.192. The van der Waals surface area contributed by atoms with Gasteiger partial charge in [0.2, 0.25) is 5.91 Å². The Kier molecular flexibility index (Phi) is 5.41. The van der Waals surface area contributed by atoms with Crippen molar-refractivity contribution in [1.29, 1.82) is 0 Å². The molecule has 1 amide bonds. The first-order valence-electron chi connectivity index (χ1n) is 14.0. The van der Waals surface area contributed by atoms with Crippen LogP contribution in [-0.4, -0.2) is 57.9 Å².